The summed E-state index contributed by atoms with van der Waals surface area (Å²) in [4.78, 5) is 14.7. The van der Waals surface area contributed by atoms with E-state index in [-0.39, 0.29) is 11.5 Å². The van der Waals surface area contributed by atoms with Crippen molar-refractivity contribution in [2.24, 2.45) is 5.92 Å². The van der Waals surface area contributed by atoms with Crippen LogP contribution in [0.3, 0.4) is 0 Å². The number of hydrogen-bond donors (Lipinski definition) is 0. The third-order valence-corrected chi connectivity index (χ3v) is 5.03. The molecule has 0 aromatic carbocycles. The van der Waals surface area contributed by atoms with Gasteiger partial charge in [0, 0.05) is 25.5 Å². The number of nitrogens with zero attached hydrogens (tertiary/aromatic N) is 1. The average molecular weight is 267 g/mol. The molecule has 0 aromatic heterocycles. The summed E-state index contributed by atoms with van der Waals surface area (Å²) in [6, 6.07) is 0. The Morgan fingerprint density at radius 1 is 1.26 bits per heavy atom. The number of carbonyl (C=O) groups excluding carboxylic acids is 1. The number of hydrogen-bond acceptors (Lipinski definition) is 3. The Labute approximate surface area is 117 Å². The van der Waals surface area contributed by atoms with Crippen LogP contribution in [-0.4, -0.2) is 42.5 Å². The Kier molecular flexibility index (Phi) is 5.40. The van der Waals surface area contributed by atoms with Gasteiger partial charge in [0.2, 0.25) is 0 Å². The van der Waals surface area contributed by atoms with Gasteiger partial charge in [-0.3, -0.25) is 4.79 Å². The van der Waals surface area contributed by atoms with E-state index in [1.54, 1.807) is 0 Å². The summed E-state index contributed by atoms with van der Waals surface area (Å²) < 4.78 is 6.01. The molecule has 1 saturated heterocycles. The molecule has 1 aliphatic carbocycles. The number of rotatable bonds is 6. The van der Waals surface area contributed by atoms with Gasteiger partial charge in [-0.2, -0.15) is 0 Å². The first-order valence-corrected chi connectivity index (χ1v) is 8.08. The Morgan fingerprint density at radius 3 is 2.58 bits per heavy atom. The van der Waals surface area contributed by atoms with Crippen molar-refractivity contribution in [1.82, 2.24) is 4.90 Å². The molecule has 1 aliphatic heterocycles. The lowest BCUT2D eigenvalue weighted by Crippen LogP contribution is -2.40. The smallest absolute Gasteiger partial charge is 0.137 e. The summed E-state index contributed by atoms with van der Waals surface area (Å²) in [7, 11) is 0. The van der Waals surface area contributed by atoms with E-state index >= 15 is 0 Å². The first kappa shape index (κ1) is 15.0. The molecule has 0 N–H and O–H groups in total. The Bertz CT molecular complexity index is 293. The van der Waals surface area contributed by atoms with Crippen LogP contribution >= 0.6 is 0 Å². The van der Waals surface area contributed by atoms with E-state index in [1.165, 1.54) is 25.7 Å². The van der Waals surface area contributed by atoms with Gasteiger partial charge in [0.05, 0.1) is 5.60 Å². The second-order valence-corrected chi connectivity index (χ2v) is 6.17. The van der Waals surface area contributed by atoms with Gasteiger partial charge in [-0.1, -0.05) is 26.7 Å². The van der Waals surface area contributed by atoms with Crippen molar-refractivity contribution in [2.75, 3.05) is 26.2 Å². The van der Waals surface area contributed by atoms with Gasteiger partial charge in [-0.05, 0) is 38.8 Å². The fourth-order valence-electron chi connectivity index (χ4n) is 3.68. The van der Waals surface area contributed by atoms with Gasteiger partial charge in [-0.25, -0.2) is 0 Å². The minimum atomic E-state index is 0.0772. The predicted molar refractivity (Wildman–Crippen MR) is 77.3 cm³/mol. The predicted octanol–water partition coefficient (Wildman–Crippen LogP) is 3.03. The van der Waals surface area contributed by atoms with Crippen molar-refractivity contribution in [3.8, 4) is 0 Å². The van der Waals surface area contributed by atoms with Crippen LogP contribution in [0.4, 0.5) is 0 Å². The van der Waals surface area contributed by atoms with Crippen LogP contribution in [0.15, 0.2) is 0 Å². The van der Waals surface area contributed by atoms with Gasteiger partial charge in [-0.15, -0.1) is 0 Å². The van der Waals surface area contributed by atoms with Crippen molar-refractivity contribution in [3.63, 3.8) is 0 Å². The van der Waals surface area contributed by atoms with E-state index in [0.717, 1.165) is 45.5 Å². The molecule has 0 bridgehead atoms. The zero-order valence-corrected chi connectivity index (χ0v) is 12.6. The lowest BCUT2D eigenvalue weighted by atomic mass is 9.81. The quantitative estimate of drug-likeness (QED) is 0.741. The van der Waals surface area contributed by atoms with E-state index in [9.17, 15) is 4.79 Å². The highest BCUT2D eigenvalue weighted by Gasteiger charge is 2.41. The van der Waals surface area contributed by atoms with Crippen molar-refractivity contribution < 1.29 is 9.53 Å². The van der Waals surface area contributed by atoms with E-state index in [0.29, 0.717) is 5.78 Å². The summed E-state index contributed by atoms with van der Waals surface area (Å²) in [5.41, 5.74) is 0.0772. The van der Waals surface area contributed by atoms with Crippen LogP contribution in [-0.2, 0) is 9.53 Å². The average Bonchev–Trinajstić information content (AvgIpc) is 2.87. The molecule has 110 valence electrons. The highest BCUT2D eigenvalue weighted by atomic mass is 16.5. The second-order valence-electron chi connectivity index (χ2n) is 6.17. The SMILES string of the molecule is CCN(CC)CCC(=O)C1CCOC2(CCCC2)C1. The third kappa shape index (κ3) is 3.79. The Morgan fingerprint density at radius 2 is 1.95 bits per heavy atom. The summed E-state index contributed by atoms with van der Waals surface area (Å²) in [6.07, 6.45) is 7.56. The number of carbonyl (C=O) groups is 1. The lowest BCUT2D eigenvalue weighted by Gasteiger charge is -2.37. The second kappa shape index (κ2) is 6.85. The molecule has 19 heavy (non-hydrogen) atoms. The van der Waals surface area contributed by atoms with E-state index in [1.807, 2.05) is 0 Å². The fraction of sp³-hybridized carbons (Fsp3) is 0.938. The zero-order chi connectivity index (χ0) is 13.7. The van der Waals surface area contributed by atoms with Gasteiger partial charge in [0.15, 0.2) is 0 Å². The number of Topliss-reactive ketones (excluding diaryl/α,β-unsaturated/α-hetero) is 1. The van der Waals surface area contributed by atoms with Crippen molar-refractivity contribution in [1.29, 1.82) is 0 Å². The van der Waals surface area contributed by atoms with Gasteiger partial charge < -0.3 is 9.64 Å². The van der Waals surface area contributed by atoms with Crippen LogP contribution in [0, 0.1) is 5.92 Å². The van der Waals surface area contributed by atoms with Crippen molar-refractivity contribution >= 4 is 5.78 Å². The minimum Gasteiger partial charge on any atom is -0.375 e. The van der Waals surface area contributed by atoms with Crippen molar-refractivity contribution in [2.45, 2.75) is 64.4 Å². The Hall–Kier alpha value is -0.410. The first-order chi connectivity index (χ1) is 9.19. The normalized spacial score (nSPS) is 26.2. The van der Waals surface area contributed by atoms with Crippen LogP contribution in [0.5, 0.6) is 0 Å². The minimum absolute atomic E-state index is 0.0772. The highest BCUT2D eigenvalue weighted by Crippen LogP contribution is 2.42. The molecule has 2 aliphatic rings. The summed E-state index contributed by atoms with van der Waals surface area (Å²) >= 11 is 0. The molecule has 3 heteroatoms. The summed E-state index contributed by atoms with van der Waals surface area (Å²) in [6.45, 7) is 8.13. The van der Waals surface area contributed by atoms with E-state index in [2.05, 4.69) is 18.7 Å². The molecular formula is C16H29NO2. The van der Waals surface area contributed by atoms with Gasteiger partial charge in [0.25, 0.3) is 0 Å². The van der Waals surface area contributed by atoms with Crippen LogP contribution in [0.1, 0.15) is 58.8 Å². The summed E-state index contributed by atoms with van der Waals surface area (Å²) in [5, 5.41) is 0. The van der Waals surface area contributed by atoms with Crippen LogP contribution < -0.4 is 0 Å². The number of ether oxygens (including phenoxy) is 1. The summed E-state index contributed by atoms with van der Waals surface area (Å²) in [5.74, 6) is 0.740. The maximum absolute atomic E-state index is 12.4. The highest BCUT2D eigenvalue weighted by molar-refractivity contribution is 5.81. The molecule has 1 spiro atoms. The van der Waals surface area contributed by atoms with Crippen molar-refractivity contribution in [3.05, 3.63) is 0 Å². The van der Waals surface area contributed by atoms with Gasteiger partial charge in [0.1, 0.15) is 5.78 Å². The fourth-order valence-corrected chi connectivity index (χ4v) is 3.68. The molecular weight excluding hydrogens is 238 g/mol. The molecule has 1 heterocycles. The molecule has 1 unspecified atom stereocenters. The lowest BCUT2D eigenvalue weighted by molar-refractivity contribution is -0.136. The molecule has 0 aromatic rings. The van der Waals surface area contributed by atoms with Crippen LogP contribution in [0.25, 0.3) is 0 Å². The molecule has 0 radical (unpaired) electrons. The zero-order valence-electron chi connectivity index (χ0n) is 12.6. The molecule has 1 atom stereocenters. The van der Waals surface area contributed by atoms with E-state index < -0.39 is 0 Å². The van der Waals surface area contributed by atoms with Crippen LogP contribution in [0.2, 0.25) is 0 Å². The molecule has 3 nitrogen and oxygen atoms in total. The van der Waals surface area contributed by atoms with E-state index in [4.69, 9.17) is 4.74 Å². The molecule has 0 amide bonds. The standard InChI is InChI=1S/C16H29NO2/c1-3-17(4-2)11-7-15(18)14-8-12-19-16(13-14)9-5-6-10-16/h14H,3-13H2,1-2H3. The third-order valence-electron chi connectivity index (χ3n) is 5.03. The topological polar surface area (TPSA) is 29.5 Å². The molecule has 2 fully saturated rings. The first-order valence-electron chi connectivity index (χ1n) is 8.08. The largest absolute Gasteiger partial charge is 0.375 e. The maximum atomic E-state index is 12.4. The van der Waals surface area contributed by atoms with Gasteiger partial charge >= 0.3 is 0 Å². The monoisotopic (exact) mass is 267 g/mol. The maximum Gasteiger partial charge on any atom is 0.137 e. The Balaban J connectivity index is 1.81. The molecule has 2 rings (SSSR count). The number of ketones is 1. The molecule has 1 saturated carbocycles.